The molecule has 4 rings (SSSR count). The van der Waals surface area contributed by atoms with E-state index in [1.54, 1.807) is 24.3 Å². The Morgan fingerprint density at radius 1 is 0.862 bits per heavy atom. The Balaban J connectivity index is 0.00000240. The van der Waals surface area contributed by atoms with Crippen molar-refractivity contribution in [2.24, 2.45) is 0 Å². The van der Waals surface area contributed by atoms with Crippen LogP contribution in [-0.4, -0.2) is 60.2 Å². The Hall–Kier alpha value is -2.86. The van der Waals surface area contributed by atoms with Crippen molar-refractivity contribution in [2.75, 3.05) is 37.6 Å². The molecule has 7 heteroatoms. The predicted molar refractivity (Wildman–Crippen MR) is 114 cm³/mol. The summed E-state index contributed by atoms with van der Waals surface area (Å²) in [5.74, 6) is -0.629. The maximum atomic E-state index is 12.6. The zero-order valence-corrected chi connectivity index (χ0v) is 17.2. The number of benzene rings is 2. The molecule has 0 N–H and O–H groups in total. The van der Waals surface area contributed by atoms with Gasteiger partial charge in [0.05, 0.1) is 11.1 Å². The van der Waals surface area contributed by atoms with E-state index in [0.717, 1.165) is 13.1 Å². The summed E-state index contributed by atoms with van der Waals surface area (Å²) >= 11 is 0. The molecule has 0 aliphatic carbocycles. The van der Waals surface area contributed by atoms with Crippen LogP contribution in [-0.2, 0) is 4.79 Å². The molecule has 0 aromatic heterocycles. The van der Waals surface area contributed by atoms with Gasteiger partial charge in [-0.05, 0) is 31.2 Å². The van der Waals surface area contributed by atoms with Crippen LogP contribution < -0.4 is 4.90 Å². The standard InChI is InChI=1S/C22H23N3O3.ClH/c1-16-6-8-17(9-7-16)23-12-14-24(15-13-23)20(26)10-11-25-21(27)18-4-2-3-5-19(18)22(25)28;/h2-9H,10-15H2,1H3;1H. The van der Waals surface area contributed by atoms with Crippen LogP contribution in [0.5, 0.6) is 0 Å². The highest BCUT2D eigenvalue weighted by atomic mass is 35.5. The third-order valence-corrected chi connectivity index (χ3v) is 5.46. The summed E-state index contributed by atoms with van der Waals surface area (Å²) < 4.78 is 0. The molecule has 0 saturated carbocycles. The zero-order chi connectivity index (χ0) is 19.7. The number of anilines is 1. The largest absolute Gasteiger partial charge is 0.368 e. The molecule has 2 aliphatic heterocycles. The summed E-state index contributed by atoms with van der Waals surface area (Å²) in [4.78, 5) is 42.7. The molecular weight excluding hydrogens is 390 g/mol. The molecule has 2 aromatic rings. The van der Waals surface area contributed by atoms with Gasteiger partial charge in [0, 0.05) is 44.8 Å². The molecular formula is C22H24ClN3O3. The van der Waals surface area contributed by atoms with Crippen LogP contribution in [0.4, 0.5) is 5.69 Å². The number of amides is 3. The summed E-state index contributed by atoms with van der Waals surface area (Å²) in [5, 5.41) is 0. The third-order valence-electron chi connectivity index (χ3n) is 5.46. The van der Waals surface area contributed by atoms with Crippen molar-refractivity contribution in [3.05, 3.63) is 65.2 Å². The van der Waals surface area contributed by atoms with Crippen LogP contribution in [0.3, 0.4) is 0 Å². The second-order valence-electron chi connectivity index (χ2n) is 7.26. The van der Waals surface area contributed by atoms with Crippen molar-refractivity contribution >= 4 is 35.8 Å². The van der Waals surface area contributed by atoms with E-state index in [1.165, 1.54) is 16.2 Å². The minimum atomic E-state index is -0.308. The summed E-state index contributed by atoms with van der Waals surface area (Å²) in [6.45, 7) is 5.05. The van der Waals surface area contributed by atoms with E-state index in [2.05, 4.69) is 36.1 Å². The van der Waals surface area contributed by atoms with Crippen LogP contribution >= 0.6 is 12.4 Å². The number of piperazine rings is 1. The third kappa shape index (κ3) is 4.12. The molecule has 1 saturated heterocycles. The summed E-state index contributed by atoms with van der Waals surface area (Å²) in [7, 11) is 0. The number of imide groups is 1. The summed E-state index contributed by atoms with van der Waals surface area (Å²) in [6, 6.07) is 15.2. The monoisotopic (exact) mass is 413 g/mol. The van der Waals surface area contributed by atoms with Crippen molar-refractivity contribution in [3.8, 4) is 0 Å². The van der Waals surface area contributed by atoms with Crippen molar-refractivity contribution in [3.63, 3.8) is 0 Å². The smallest absolute Gasteiger partial charge is 0.261 e. The number of hydrogen-bond donors (Lipinski definition) is 0. The molecule has 2 heterocycles. The lowest BCUT2D eigenvalue weighted by Crippen LogP contribution is -2.49. The lowest BCUT2D eigenvalue weighted by Gasteiger charge is -2.36. The van der Waals surface area contributed by atoms with Gasteiger partial charge in [0.15, 0.2) is 0 Å². The maximum absolute atomic E-state index is 12.6. The van der Waals surface area contributed by atoms with Crippen molar-refractivity contribution in [1.82, 2.24) is 9.80 Å². The average Bonchev–Trinajstić information content (AvgIpc) is 2.97. The van der Waals surface area contributed by atoms with Gasteiger partial charge in [-0.15, -0.1) is 12.4 Å². The minimum Gasteiger partial charge on any atom is -0.368 e. The van der Waals surface area contributed by atoms with Gasteiger partial charge >= 0.3 is 0 Å². The van der Waals surface area contributed by atoms with Crippen LogP contribution in [0.2, 0.25) is 0 Å². The average molecular weight is 414 g/mol. The van der Waals surface area contributed by atoms with Crippen molar-refractivity contribution in [1.29, 1.82) is 0 Å². The van der Waals surface area contributed by atoms with E-state index >= 15 is 0 Å². The van der Waals surface area contributed by atoms with Crippen LogP contribution in [0.25, 0.3) is 0 Å². The molecule has 2 aliphatic rings. The summed E-state index contributed by atoms with van der Waals surface area (Å²) in [5.41, 5.74) is 3.24. The number of aryl methyl sites for hydroxylation is 1. The van der Waals surface area contributed by atoms with Gasteiger partial charge in [-0.1, -0.05) is 29.8 Å². The predicted octanol–water partition coefficient (Wildman–Crippen LogP) is 2.75. The van der Waals surface area contributed by atoms with Crippen molar-refractivity contribution in [2.45, 2.75) is 13.3 Å². The summed E-state index contributed by atoms with van der Waals surface area (Å²) in [6.07, 6.45) is 0.163. The zero-order valence-electron chi connectivity index (χ0n) is 16.3. The molecule has 6 nitrogen and oxygen atoms in total. The number of rotatable bonds is 4. The Labute approximate surface area is 176 Å². The highest BCUT2D eigenvalue weighted by Crippen LogP contribution is 2.23. The molecule has 152 valence electrons. The molecule has 0 bridgehead atoms. The van der Waals surface area contributed by atoms with Gasteiger partial charge in [0.25, 0.3) is 11.8 Å². The van der Waals surface area contributed by atoms with Gasteiger partial charge < -0.3 is 9.80 Å². The fraction of sp³-hybridized carbons (Fsp3) is 0.318. The highest BCUT2D eigenvalue weighted by Gasteiger charge is 2.35. The van der Waals surface area contributed by atoms with Gasteiger partial charge in [-0.2, -0.15) is 0 Å². The molecule has 1 fully saturated rings. The molecule has 3 amide bonds. The molecule has 0 radical (unpaired) electrons. The Bertz CT molecular complexity index is 886. The van der Waals surface area contributed by atoms with Crippen LogP contribution in [0.15, 0.2) is 48.5 Å². The first-order valence-corrected chi connectivity index (χ1v) is 9.59. The van der Waals surface area contributed by atoms with E-state index < -0.39 is 0 Å². The highest BCUT2D eigenvalue weighted by molar-refractivity contribution is 6.21. The Morgan fingerprint density at radius 2 is 1.41 bits per heavy atom. The SMILES string of the molecule is Cc1ccc(N2CCN(C(=O)CCN3C(=O)c4ccccc4C3=O)CC2)cc1.Cl. The topological polar surface area (TPSA) is 60.9 Å². The number of carbonyl (C=O) groups excluding carboxylic acids is 3. The van der Waals surface area contributed by atoms with E-state index in [9.17, 15) is 14.4 Å². The van der Waals surface area contributed by atoms with Crippen LogP contribution in [0, 0.1) is 6.92 Å². The fourth-order valence-corrected chi connectivity index (χ4v) is 3.78. The second-order valence-corrected chi connectivity index (χ2v) is 7.26. The molecule has 0 unspecified atom stereocenters. The quantitative estimate of drug-likeness (QED) is 0.723. The van der Waals surface area contributed by atoms with Gasteiger partial charge in [0.2, 0.25) is 5.91 Å². The van der Waals surface area contributed by atoms with Crippen molar-refractivity contribution < 1.29 is 14.4 Å². The Morgan fingerprint density at radius 3 is 1.97 bits per heavy atom. The first-order valence-electron chi connectivity index (χ1n) is 9.59. The maximum Gasteiger partial charge on any atom is 0.261 e. The normalized spacial score (nSPS) is 16.0. The fourth-order valence-electron chi connectivity index (χ4n) is 3.78. The number of nitrogens with zero attached hydrogens (tertiary/aromatic N) is 3. The molecule has 0 atom stereocenters. The second kappa shape index (κ2) is 8.66. The van der Waals surface area contributed by atoms with E-state index in [0.29, 0.717) is 24.2 Å². The Kier molecular flexibility index (Phi) is 6.23. The number of fused-ring (bicyclic) bond motifs is 1. The first kappa shape index (κ1) is 20.9. The molecule has 29 heavy (non-hydrogen) atoms. The van der Waals surface area contributed by atoms with E-state index in [4.69, 9.17) is 0 Å². The lowest BCUT2D eigenvalue weighted by molar-refractivity contribution is -0.131. The number of halogens is 1. The molecule has 0 spiro atoms. The van der Waals surface area contributed by atoms with Gasteiger partial charge in [-0.3, -0.25) is 19.3 Å². The first-order chi connectivity index (χ1) is 13.5. The van der Waals surface area contributed by atoms with Crippen LogP contribution in [0.1, 0.15) is 32.7 Å². The number of hydrogen-bond acceptors (Lipinski definition) is 4. The van der Waals surface area contributed by atoms with E-state index in [-0.39, 0.29) is 43.1 Å². The van der Waals surface area contributed by atoms with E-state index in [1.807, 2.05) is 4.90 Å². The molecule has 2 aromatic carbocycles. The number of carbonyl (C=O) groups is 3. The van der Waals surface area contributed by atoms with Gasteiger partial charge in [-0.25, -0.2) is 0 Å². The minimum absolute atomic E-state index is 0. The van der Waals surface area contributed by atoms with Gasteiger partial charge in [0.1, 0.15) is 0 Å². The lowest BCUT2D eigenvalue weighted by atomic mass is 10.1.